The standard InChI is InChI=1S/C50H62N10O11S2/c1-49(2,3)58(47(61)62)30-35(31-59(48(63)64)50(4,5)6)55-72(65,66)42-26-25-39(40-11-10-12-41(51)44(40)52)43(46-53-56-60(54-46)29-34-17-23-38(71-9)24-18-34)45(42)73(67,68)57(27-32-13-19-36(69-7)20-14-32)28-33-15-21-37(70-8)22-16-33/h10-26,35,55H,27-31,51-52H2,1-9H3,(H,61,62)(H,63,64). The van der Waals surface area contributed by atoms with E-state index in [1.165, 1.54) is 32.2 Å². The number of rotatable bonds is 20. The number of benzene rings is 5. The molecule has 5 aromatic carbocycles. The van der Waals surface area contributed by atoms with Gasteiger partial charge >= 0.3 is 12.2 Å². The van der Waals surface area contributed by atoms with Crippen LogP contribution < -0.4 is 30.4 Å². The first-order chi connectivity index (χ1) is 34.3. The zero-order chi connectivity index (χ0) is 53.6. The predicted molar refractivity (Wildman–Crippen MR) is 275 cm³/mol. The molecule has 0 aliphatic heterocycles. The summed E-state index contributed by atoms with van der Waals surface area (Å²) >= 11 is 0. The summed E-state index contributed by atoms with van der Waals surface area (Å²) in [5, 5.41) is 34.2. The van der Waals surface area contributed by atoms with Gasteiger partial charge in [0.1, 0.15) is 27.0 Å². The van der Waals surface area contributed by atoms with Crippen molar-refractivity contribution in [1.82, 2.24) is 39.0 Å². The lowest BCUT2D eigenvalue weighted by molar-refractivity contribution is 0.0743. The fourth-order valence-corrected chi connectivity index (χ4v) is 11.6. The second-order valence-electron chi connectivity index (χ2n) is 19.0. The Hall–Kier alpha value is -7.47. The van der Waals surface area contributed by atoms with Crippen molar-refractivity contribution in [1.29, 1.82) is 0 Å². The summed E-state index contributed by atoms with van der Waals surface area (Å²) in [6.07, 6.45) is -2.83. The molecule has 0 saturated carbocycles. The van der Waals surface area contributed by atoms with Crippen molar-refractivity contribution in [2.24, 2.45) is 0 Å². The van der Waals surface area contributed by atoms with E-state index in [0.717, 1.165) is 20.2 Å². The fourth-order valence-electron chi connectivity index (χ4n) is 7.96. The van der Waals surface area contributed by atoms with Crippen LogP contribution in [-0.2, 0) is 39.7 Å². The third-order valence-electron chi connectivity index (χ3n) is 11.8. The maximum absolute atomic E-state index is 16.3. The van der Waals surface area contributed by atoms with E-state index in [4.69, 9.17) is 25.7 Å². The van der Waals surface area contributed by atoms with Gasteiger partial charge in [-0.2, -0.15) is 9.10 Å². The highest BCUT2D eigenvalue weighted by Gasteiger charge is 2.41. The normalized spacial score (nSPS) is 12.2. The Balaban J connectivity index is 1.69. The third kappa shape index (κ3) is 13.0. The van der Waals surface area contributed by atoms with Crippen LogP contribution in [0.3, 0.4) is 0 Å². The zero-order valence-electron chi connectivity index (χ0n) is 42.1. The van der Waals surface area contributed by atoms with E-state index in [1.54, 1.807) is 133 Å². The minimum atomic E-state index is -5.18. The number of methoxy groups -OCH3 is 3. The van der Waals surface area contributed by atoms with E-state index in [2.05, 4.69) is 20.1 Å². The highest BCUT2D eigenvalue weighted by molar-refractivity contribution is 7.92. The Bertz CT molecular complexity index is 3060. The molecule has 0 bridgehead atoms. The molecule has 6 rings (SSSR count). The van der Waals surface area contributed by atoms with Crippen molar-refractivity contribution in [3.63, 3.8) is 0 Å². The Morgan fingerprint density at radius 2 is 1.14 bits per heavy atom. The first-order valence-electron chi connectivity index (χ1n) is 22.8. The molecule has 0 saturated heterocycles. The highest BCUT2D eigenvalue weighted by Crippen LogP contribution is 2.44. The number of nitrogens with two attached hydrogens (primary N) is 2. The van der Waals surface area contributed by atoms with Crippen molar-refractivity contribution < 1.29 is 50.8 Å². The second kappa shape index (κ2) is 22.1. The molecule has 6 aromatic rings. The zero-order valence-corrected chi connectivity index (χ0v) is 43.7. The maximum Gasteiger partial charge on any atom is 0.407 e. The van der Waals surface area contributed by atoms with E-state index in [-0.39, 0.29) is 53.5 Å². The number of nitrogens with zero attached hydrogens (tertiary/aromatic N) is 7. The average molecular weight is 1040 g/mol. The van der Waals surface area contributed by atoms with E-state index in [0.29, 0.717) is 33.9 Å². The lowest BCUT2D eigenvalue weighted by Crippen LogP contribution is -2.58. The summed E-state index contributed by atoms with van der Waals surface area (Å²) in [4.78, 5) is 27.1. The summed E-state index contributed by atoms with van der Waals surface area (Å²) in [6.45, 7) is 7.86. The topological polar surface area (TPSA) is 288 Å². The number of aromatic nitrogens is 4. The summed E-state index contributed by atoms with van der Waals surface area (Å²) in [6, 6.07) is 26.0. The molecule has 0 atom stereocenters. The van der Waals surface area contributed by atoms with Crippen LogP contribution in [-0.4, -0.2) is 125 Å². The van der Waals surface area contributed by atoms with Gasteiger partial charge in [0, 0.05) is 42.8 Å². The van der Waals surface area contributed by atoms with Crippen molar-refractivity contribution in [3.8, 4) is 39.8 Å². The van der Waals surface area contributed by atoms with E-state index in [1.807, 2.05) is 0 Å². The maximum atomic E-state index is 16.3. The van der Waals surface area contributed by atoms with Gasteiger partial charge in [-0.1, -0.05) is 54.6 Å². The van der Waals surface area contributed by atoms with Crippen LogP contribution in [0.5, 0.6) is 17.2 Å². The Morgan fingerprint density at radius 1 is 0.671 bits per heavy atom. The Labute approximate surface area is 425 Å². The SMILES string of the molecule is COc1ccc(CN(Cc2ccc(OC)cc2)S(=O)(=O)c2c(S(=O)(=O)NC(CN(C(=O)O)C(C)(C)C)CN(C(=O)O)C(C)(C)C)ccc(-c3cccc(N)c3N)c2-c2nnn(Cc3ccc(OC)cc3)n2)cc1. The lowest BCUT2D eigenvalue weighted by atomic mass is 9.97. The molecule has 0 unspecified atom stereocenters. The van der Waals surface area contributed by atoms with Crippen molar-refractivity contribution in [2.45, 2.75) is 88.1 Å². The van der Waals surface area contributed by atoms with Crippen LogP contribution in [0.25, 0.3) is 22.5 Å². The number of carbonyl (C=O) groups is 2. The predicted octanol–water partition coefficient (Wildman–Crippen LogP) is 6.84. The van der Waals surface area contributed by atoms with Gasteiger partial charge in [-0.05, 0) is 118 Å². The van der Waals surface area contributed by atoms with Gasteiger partial charge < -0.3 is 45.7 Å². The Morgan fingerprint density at radius 3 is 1.58 bits per heavy atom. The van der Waals surface area contributed by atoms with Gasteiger partial charge in [0.05, 0.1) is 50.9 Å². The molecule has 0 spiro atoms. The molecule has 0 aliphatic carbocycles. The number of amides is 2. The van der Waals surface area contributed by atoms with E-state index >= 15 is 16.8 Å². The minimum absolute atomic E-state index is 0.0340. The van der Waals surface area contributed by atoms with Crippen molar-refractivity contribution in [2.75, 3.05) is 45.9 Å². The van der Waals surface area contributed by atoms with Crippen LogP contribution in [0.2, 0.25) is 0 Å². The molecule has 0 aliphatic rings. The monoisotopic (exact) mass is 1040 g/mol. The fraction of sp³-hybridized carbons (Fsp3) is 0.340. The number of sulfonamides is 2. The molecule has 1 aromatic heterocycles. The molecule has 2 amide bonds. The van der Waals surface area contributed by atoms with E-state index < -0.39 is 72.2 Å². The first-order valence-corrected chi connectivity index (χ1v) is 25.7. The highest BCUT2D eigenvalue weighted by atomic mass is 32.2. The third-order valence-corrected chi connectivity index (χ3v) is 15.4. The number of anilines is 2. The van der Waals surface area contributed by atoms with Crippen LogP contribution in [0.1, 0.15) is 58.2 Å². The number of hydrogen-bond donors (Lipinski definition) is 5. The van der Waals surface area contributed by atoms with Crippen molar-refractivity contribution >= 4 is 43.6 Å². The van der Waals surface area contributed by atoms with Gasteiger partial charge in [0.15, 0.2) is 0 Å². The minimum Gasteiger partial charge on any atom is -0.497 e. The van der Waals surface area contributed by atoms with Gasteiger partial charge in [-0.3, -0.25) is 0 Å². The summed E-state index contributed by atoms with van der Waals surface area (Å²) in [5.74, 6) is 1.28. The van der Waals surface area contributed by atoms with Gasteiger partial charge in [0.25, 0.3) is 0 Å². The molecule has 7 N–H and O–H groups in total. The van der Waals surface area contributed by atoms with Gasteiger partial charge in [0.2, 0.25) is 25.9 Å². The molecule has 21 nitrogen and oxygen atoms in total. The number of nitrogens with one attached hydrogen (secondary N) is 1. The number of tetrazole rings is 1. The Kier molecular flexibility index (Phi) is 16.6. The molecule has 390 valence electrons. The molecule has 73 heavy (non-hydrogen) atoms. The summed E-state index contributed by atoms with van der Waals surface area (Å²) in [7, 11) is -5.82. The van der Waals surface area contributed by atoms with Gasteiger partial charge in [-0.15, -0.1) is 10.2 Å². The second-order valence-corrected chi connectivity index (χ2v) is 22.6. The van der Waals surface area contributed by atoms with Gasteiger partial charge in [-0.25, -0.2) is 31.1 Å². The quantitative estimate of drug-likeness (QED) is 0.0489. The smallest absolute Gasteiger partial charge is 0.407 e. The number of nitrogen functional groups attached to an aromatic ring is 2. The van der Waals surface area contributed by atoms with Crippen LogP contribution >= 0.6 is 0 Å². The number of hydrogen-bond acceptors (Lipinski definition) is 14. The number of ether oxygens (including phenoxy) is 3. The molecular formula is C50H62N10O11S2. The first kappa shape index (κ1) is 54.9. The molecule has 23 heteroatoms. The van der Waals surface area contributed by atoms with Crippen molar-refractivity contribution in [3.05, 3.63) is 120 Å². The largest absolute Gasteiger partial charge is 0.497 e. The average Bonchev–Trinajstić information content (AvgIpc) is 3.80. The van der Waals surface area contributed by atoms with Crippen LogP contribution in [0.15, 0.2) is 113 Å². The number of carboxylic acid groups (broad SMARTS) is 2. The van der Waals surface area contributed by atoms with E-state index in [9.17, 15) is 19.8 Å². The summed E-state index contributed by atoms with van der Waals surface area (Å²) < 4.78 is 83.4. The molecular weight excluding hydrogens is 981 g/mol. The van der Waals surface area contributed by atoms with Crippen LogP contribution in [0.4, 0.5) is 21.0 Å². The molecule has 0 radical (unpaired) electrons. The molecule has 1 heterocycles. The lowest BCUT2D eigenvalue weighted by Gasteiger charge is -2.40. The molecule has 0 fully saturated rings. The summed E-state index contributed by atoms with van der Waals surface area (Å²) in [5.41, 5.74) is 12.6. The van der Waals surface area contributed by atoms with Crippen LogP contribution in [0, 0.1) is 0 Å². The number of para-hydroxylation sites is 1.